The largest absolute Gasteiger partial charge is 0.486 e. The summed E-state index contributed by atoms with van der Waals surface area (Å²) >= 11 is 0. The molecule has 10 heteroatoms. The first-order valence-electron chi connectivity index (χ1n) is 14.8. The van der Waals surface area contributed by atoms with Crippen molar-refractivity contribution < 1.29 is 41.0 Å². The Morgan fingerprint density at radius 1 is 0.952 bits per heavy atom. The third kappa shape index (κ3) is 5.07. The van der Waals surface area contributed by atoms with Crippen molar-refractivity contribution in [3.8, 4) is 5.75 Å². The van der Waals surface area contributed by atoms with E-state index in [1.807, 2.05) is 23.1 Å². The number of benzene rings is 2. The molecule has 2 aromatic carbocycles. The summed E-state index contributed by atoms with van der Waals surface area (Å²) in [5.41, 5.74) is -0.936. The van der Waals surface area contributed by atoms with Gasteiger partial charge in [-0.05, 0) is 98.2 Å². The van der Waals surface area contributed by atoms with Gasteiger partial charge >= 0.3 is 18.3 Å². The number of aryl methyl sites for hydroxylation is 1. The monoisotopic (exact) mass is 595 g/mol. The number of fused-ring (bicyclic) bond motifs is 1. The van der Waals surface area contributed by atoms with Gasteiger partial charge in [0.2, 0.25) is 0 Å². The van der Waals surface area contributed by atoms with Gasteiger partial charge in [0.25, 0.3) is 0 Å². The number of nitrogens with zero attached hydrogens (tertiary/aromatic N) is 1. The van der Waals surface area contributed by atoms with Crippen molar-refractivity contribution in [3.63, 3.8) is 0 Å². The number of carbonyl (C=O) groups is 1. The number of hydrogen-bond acceptors (Lipinski definition) is 3. The van der Waals surface area contributed by atoms with E-state index in [1.165, 1.54) is 0 Å². The summed E-state index contributed by atoms with van der Waals surface area (Å²) in [5.74, 6) is -0.297. The second-order valence-electron chi connectivity index (χ2n) is 12.8. The van der Waals surface area contributed by atoms with Gasteiger partial charge in [-0.15, -0.1) is 0 Å². The lowest BCUT2D eigenvalue weighted by Crippen LogP contribution is -2.58. The van der Waals surface area contributed by atoms with Gasteiger partial charge in [-0.2, -0.15) is 26.3 Å². The van der Waals surface area contributed by atoms with Crippen LogP contribution in [0.15, 0.2) is 36.4 Å². The average Bonchev–Trinajstić information content (AvgIpc) is 3.74. The van der Waals surface area contributed by atoms with Crippen molar-refractivity contribution in [3.05, 3.63) is 64.2 Å². The zero-order chi connectivity index (χ0) is 30.2. The Balaban J connectivity index is 1.26. The number of alkyl halides is 6. The number of carboxylic acids is 1. The van der Waals surface area contributed by atoms with Crippen molar-refractivity contribution in [2.24, 2.45) is 23.7 Å². The minimum Gasteiger partial charge on any atom is -0.486 e. The van der Waals surface area contributed by atoms with Crippen molar-refractivity contribution in [2.75, 3.05) is 13.1 Å². The number of ether oxygens (including phenoxy) is 1. The molecule has 0 amide bonds. The fourth-order valence-electron chi connectivity index (χ4n) is 8.03. The van der Waals surface area contributed by atoms with Crippen LogP contribution in [0.2, 0.25) is 0 Å². The molecule has 2 heterocycles. The first-order valence-corrected chi connectivity index (χ1v) is 14.8. The molecule has 42 heavy (non-hydrogen) atoms. The molecule has 2 saturated carbocycles. The van der Waals surface area contributed by atoms with E-state index in [1.54, 1.807) is 13.8 Å². The summed E-state index contributed by atoms with van der Waals surface area (Å²) < 4.78 is 88.9. The highest BCUT2D eigenvalue weighted by molar-refractivity contribution is 5.71. The Morgan fingerprint density at radius 3 is 2.19 bits per heavy atom. The van der Waals surface area contributed by atoms with Crippen LogP contribution in [0.5, 0.6) is 5.75 Å². The molecular formula is C32H35F6NO3. The lowest BCUT2D eigenvalue weighted by atomic mass is 9.73. The van der Waals surface area contributed by atoms with E-state index in [0.29, 0.717) is 37.2 Å². The Morgan fingerprint density at radius 2 is 1.62 bits per heavy atom. The van der Waals surface area contributed by atoms with E-state index in [4.69, 9.17) is 4.74 Å². The fraction of sp³-hybridized carbons (Fsp3) is 0.594. The molecule has 3 fully saturated rings. The Labute approximate surface area is 241 Å². The molecule has 1 saturated heterocycles. The predicted octanol–water partition coefficient (Wildman–Crippen LogP) is 8.11. The van der Waals surface area contributed by atoms with Crippen molar-refractivity contribution in [1.29, 1.82) is 0 Å². The molecule has 2 aliphatic heterocycles. The Hall–Kier alpha value is -2.75. The molecule has 4 nitrogen and oxygen atoms in total. The average molecular weight is 596 g/mol. The SMILES string of the molecule is C[C@H](C(=O)O)[C@H](c1ccc2c(c1)OC1(CC2)[C@@H]2CC[C@H]1CN([C@@H](C)c1cc(C(F)(F)F)ccc1C(F)(F)F)C2)C1CC1. The Bertz CT molecular complexity index is 1350. The topological polar surface area (TPSA) is 49.8 Å². The summed E-state index contributed by atoms with van der Waals surface area (Å²) in [4.78, 5) is 13.7. The molecular weight excluding hydrogens is 560 g/mol. The molecule has 1 unspecified atom stereocenters. The van der Waals surface area contributed by atoms with E-state index in [-0.39, 0.29) is 23.3 Å². The maximum absolute atomic E-state index is 13.9. The van der Waals surface area contributed by atoms with Gasteiger partial charge in [0.1, 0.15) is 11.4 Å². The lowest BCUT2D eigenvalue weighted by Gasteiger charge is -2.51. The number of hydrogen-bond donors (Lipinski definition) is 1. The van der Waals surface area contributed by atoms with Crippen LogP contribution in [0.3, 0.4) is 0 Å². The van der Waals surface area contributed by atoms with Gasteiger partial charge < -0.3 is 9.84 Å². The van der Waals surface area contributed by atoms with Gasteiger partial charge in [-0.3, -0.25) is 9.69 Å². The number of piperidine rings is 1. The molecule has 0 aromatic heterocycles. The molecule has 2 aromatic rings. The van der Waals surface area contributed by atoms with Gasteiger partial charge in [-0.25, -0.2) is 0 Å². The number of halogens is 6. The minimum absolute atomic E-state index is 0.0211. The number of carboxylic acid groups (broad SMARTS) is 1. The van der Waals surface area contributed by atoms with Crippen LogP contribution < -0.4 is 4.74 Å². The molecule has 1 N–H and O–H groups in total. The van der Waals surface area contributed by atoms with Crippen LogP contribution in [0.25, 0.3) is 0 Å². The number of aliphatic carboxylic acids is 1. The van der Waals surface area contributed by atoms with E-state index in [0.717, 1.165) is 55.4 Å². The minimum atomic E-state index is -4.77. The maximum atomic E-state index is 13.9. The first kappa shape index (κ1) is 29.3. The molecule has 4 aliphatic rings. The number of rotatable bonds is 6. The van der Waals surface area contributed by atoms with Crippen LogP contribution >= 0.6 is 0 Å². The summed E-state index contributed by atoms with van der Waals surface area (Å²) in [6.45, 7) is 4.17. The van der Waals surface area contributed by atoms with Crippen molar-refractivity contribution in [2.45, 2.75) is 82.3 Å². The Kier molecular flexibility index (Phi) is 7.10. The molecule has 2 aliphatic carbocycles. The summed E-state index contributed by atoms with van der Waals surface area (Å²) in [7, 11) is 0. The second kappa shape index (κ2) is 10.2. The number of likely N-dealkylation sites (tertiary alicyclic amines) is 1. The van der Waals surface area contributed by atoms with Crippen LogP contribution in [0.1, 0.15) is 85.7 Å². The third-order valence-corrected chi connectivity index (χ3v) is 10.5. The molecule has 228 valence electrons. The van der Waals surface area contributed by atoms with Crippen LogP contribution in [0, 0.1) is 23.7 Å². The second-order valence-corrected chi connectivity index (χ2v) is 12.8. The summed E-state index contributed by atoms with van der Waals surface area (Å²) in [6, 6.07) is 6.91. The van der Waals surface area contributed by atoms with E-state index < -0.39 is 47.0 Å². The molecule has 6 rings (SSSR count). The van der Waals surface area contributed by atoms with Crippen molar-refractivity contribution >= 4 is 5.97 Å². The zero-order valence-electron chi connectivity index (χ0n) is 23.6. The zero-order valence-corrected chi connectivity index (χ0v) is 23.6. The fourth-order valence-corrected chi connectivity index (χ4v) is 8.03. The quantitative estimate of drug-likeness (QED) is 0.343. The smallest absolute Gasteiger partial charge is 0.416 e. The normalized spacial score (nSPS) is 28.2. The van der Waals surface area contributed by atoms with Crippen LogP contribution in [0.4, 0.5) is 26.3 Å². The molecule has 2 bridgehead atoms. The van der Waals surface area contributed by atoms with E-state index in [2.05, 4.69) is 0 Å². The third-order valence-electron chi connectivity index (χ3n) is 10.5. The highest BCUT2D eigenvalue weighted by atomic mass is 19.4. The molecule has 0 radical (unpaired) electrons. The molecule has 6 atom stereocenters. The first-order chi connectivity index (χ1) is 19.7. The highest BCUT2D eigenvalue weighted by Gasteiger charge is 2.57. The summed E-state index contributed by atoms with van der Waals surface area (Å²) in [5, 5.41) is 9.72. The summed E-state index contributed by atoms with van der Waals surface area (Å²) in [6.07, 6.45) is -4.29. The van der Waals surface area contributed by atoms with Crippen molar-refractivity contribution in [1.82, 2.24) is 4.90 Å². The van der Waals surface area contributed by atoms with Gasteiger partial charge in [0.05, 0.1) is 17.0 Å². The molecule has 1 spiro atoms. The predicted molar refractivity (Wildman–Crippen MR) is 143 cm³/mol. The van der Waals surface area contributed by atoms with E-state index >= 15 is 0 Å². The van der Waals surface area contributed by atoms with Gasteiger partial charge in [-0.1, -0.05) is 19.1 Å². The van der Waals surface area contributed by atoms with Gasteiger partial charge in [0, 0.05) is 31.0 Å². The standard InChI is InChI=1S/C32H35F6NO3/c1-17(29(40)41)28(20-4-5-20)21-6-3-19-11-12-30(42-27(19)13-21)23-7-8-24(30)16-39(15-23)18(2)25-14-22(31(33,34)35)9-10-26(25)32(36,37)38/h3,6,9-10,13-14,17-18,20,23-24,28H,4-5,7-8,11-12,15-16H2,1-2H3,(H,40,41)/t17-,18-,23-,24+,28-,30?/m0/s1. The van der Waals surface area contributed by atoms with E-state index in [9.17, 15) is 36.2 Å². The highest BCUT2D eigenvalue weighted by Crippen LogP contribution is 2.55. The lowest BCUT2D eigenvalue weighted by molar-refractivity contribution is -0.142. The maximum Gasteiger partial charge on any atom is 0.416 e. The van der Waals surface area contributed by atoms with Crippen LogP contribution in [-0.2, 0) is 23.6 Å². The van der Waals surface area contributed by atoms with Crippen LogP contribution in [-0.4, -0.2) is 34.7 Å². The van der Waals surface area contributed by atoms with Gasteiger partial charge in [0.15, 0.2) is 0 Å².